The highest BCUT2D eigenvalue weighted by Crippen LogP contribution is 2.33. The maximum Gasteiger partial charge on any atom is 0.329 e. The van der Waals surface area contributed by atoms with E-state index in [4.69, 9.17) is 23.2 Å². The number of H-pyrrole nitrogens is 1. The topological polar surface area (TPSA) is 67.8 Å². The molecule has 8 heteroatoms. The minimum absolute atomic E-state index is 0.321. The molecule has 1 aromatic carbocycles. The molecule has 2 aromatic heterocycles. The lowest BCUT2D eigenvalue weighted by atomic mass is 10.2. The predicted octanol–water partition coefficient (Wildman–Crippen LogP) is 4.00. The van der Waals surface area contributed by atoms with Crippen LogP contribution in [0.4, 0.5) is 0 Å². The van der Waals surface area contributed by atoms with Crippen LogP contribution in [0, 0.1) is 0 Å². The van der Waals surface area contributed by atoms with Crippen molar-refractivity contribution in [2.24, 2.45) is 0 Å². The molecule has 0 fully saturated rings. The second kappa shape index (κ2) is 8.12. The first-order valence-electron chi connectivity index (χ1n) is 7.86. The highest BCUT2D eigenvalue weighted by Gasteiger charge is 2.16. The van der Waals surface area contributed by atoms with Crippen LogP contribution in [0.15, 0.2) is 62.2 Å². The van der Waals surface area contributed by atoms with Crippen molar-refractivity contribution < 1.29 is 0 Å². The first-order valence-corrected chi connectivity index (χ1v) is 9.44. The smallest absolute Gasteiger partial charge is 0.283 e. The van der Waals surface area contributed by atoms with Gasteiger partial charge in [-0.1, -0.05) is 41.9 Å². The number of nitrogens with one attached hydrogen (secondary N) is 1. The second-order valence-electron chi connectivity index (χ2n) is 5.55. The van der Waals surface area contributed by atoms with Crippen LogP contribution in [0.1, 0.15) is 18.1 Å². The number of hydrogen-bond acceptors (Lipinski definition) is 4. The molecule has 0 bridgehead atoms. The number of pyridine rings is 1. The summed E-state index contributed by atoms with van der Waals surface area (Å²) in [5.41, 5.74) is 0.612. The number of benzene rings is 1. The van der Waals surface area contributed by atoms with E-state index in [2.05, 4.69) is 9.97 Å². The third-order valence-electron chi connectivity index (χ3n) is 3.74. The van der Waals surface area contributed by atoms with Gasteiger partial charge >= 0.3 is 5.69 Å². The van der Waals surface area contributed by atoms with Crippen molar-refractivity contribution in [3.63, 3.8) is 0 Å². The monoisotopic (exact) mass is 407 g/mol. The number of aromatic nitrogens is 3. The van der Waals surface area contributed by atoms with Crippen LogP contribution in [0.3, 0.4) is 0 Å². The molecule has 0 aliphatic carbocycles. The van der Waals surface area contributed by atoms with Gasteiger partial charge < -0.3 is 0 Å². The zero-order valence-electron chi connectivity index (χ0n) is 13.8. The predicted molar refractivity (Wildman–Crippen MR) is 105 cm³/mol. The van der Waals surface area contributed by atoms with Gasteiger partial charge in [-0.15, -0.1) is 0 Å². The Morgan fingerprint density at radius 3 is 2.38 bits per heavy atom. The molecule has 0 atom stereocenters. The third kappa shape index (κ3) is 4.20. The average Bonchev–Trinajstić information content (AvgIpc) is 2.58. The lowest BCUT2D eigenvalue weighted by Crippen LogP contribution is -2.34. The Labute approximate surface area is 164 Å². The quantitative estimate of drug-likeness (QED) is 0.648. The van der Waals surface area contributed by atoms with Crippen molar-refractivity contribution in [3.05, 3.63) is 84.7 Å². The molecule has 0 saturated heterocycles. The summed E-state index contributed by atoms with van der Waals surface area (Å²) in [4.78, 5) is 31.9. The molecule has 2 heterocycles. The summed E-state index contributed by atoms with van der Waals surface area (Å²) < 4.78 is 1.55. The molecule has 3 rings (SSSR count). The molecule has 0 unspecified atom stereocenters. The van der Waals surface area contributed by atoms with Crippen molar-refractivity contribution in [2.45, 2.75) is 29.8 Å². The van der Waals surface area contributed by atoms with Crippen LogP contribution in [0.2, 0.25) is 10.0 Å². The SMILES string of the molecule is CCc1c(Sc2cc(Cl)cc(Cl)c2)n(Cc2ccncc2)c(=O)[nH]c1=O. The molecule has 5 nitrogen and oxygen atoms in total. The van der Waals surface area contributed by atoms with E-state index >= 15 is 0 Å². The van der Waals surface area contributed by atoms with Crippen LogP contribution in [0.25, 0.3) is 0 Å². The summed E-state index contributed by atoms with van der Waals surface area (Å²) in [5.74, 6) is 0. The Balaban J connectivity index is 2.14. The molecule has 0 aliphatic rings. The first-order chi connectivity index (χ1) is 12.5. The maximum atomic E-state index is 12.5. The van der Waals surface area contributed by atoms with Crippen LogP contribution in [-0.4, -0.2) is 14.5 Å². The lowest BCUT2D eigenvalue weighted by molar-refractivity contribution is 0.634. The van der Waals surface area contributed by atoms with Gasteiger partial charge in [0.25, 0.3) is 5.56 Å². The van der Waals surface area contributed by atoms with E-state index in [0.717, 1.165) is 10.5 Å². The molecular weight excluding hydrogens is 393 g/mol. The van der Waals surface area contributed by atoms with Gasteiger partial charge in [-0.05, 0) is 42.3 Å². The Morgan fingerprint density at radius 1 is 1.12 bits per heavy atom. The summed E-state index contributed by atoms with van der Waals surface area (Å²) in [6, 6.07) is 8.79. The first kappa shape index (κ1) is 18.8. The largest absolute Gasteiger partial charge is 0.329 e. The fraction of sp³-hybridized carbons (Fsp3) is 0.167. The molecule has 0 radical (unpaired) electrons. The standard InChI is InChI=1S/C18H15Cl2N3O2S/c1-2-15-16(24)22-18(25)23(10-11-3-5-21-6-4-11)17(15)26-14-8-12(19)7-13(20)9-14/h3-9H,2,10H2,1H3,(H,22,24,25). The van der Waals surface area contributed by atoms with E-state index < -0.39 is 5.69 Å². The highest BCUT2D eigenvalue weighted by molar-refractivity contribution is 7.99. The van der Waals surface area contributed by atoms with Gasteiger partial charge in [-0.3, -0.25) is 19.3 Å². The average molecular weight is 408 g/mol. The van der Waals surface area contributed by atoms with Gasteiger partial charge in [0.2, 0.25) is 0 Å². The molecule has 26 heavy (non-hydrogen) atoms. The maximum absolute atomic E-state index is 12.5. The Kier molecular flexibility index (Phi) is 5.86. The minimum atomic E-state index is -0.459. The van der Waals surface area contributed by atoms with Gasteiger partial charge in [0.05, 0.1) is 11.6 Å². The Morgan fingerprint density at radius 2 is 1.77 bits per heavy atom. The van der Waals surface area contributed by atoms with Gasteiger partial charge in [-0.25, -0.2) is 4.79 Å². The van der Waals surface area contributed by atoms with E-state index in [1.54, 1.807) is 35.2 Å². The molecule has 134 valence electrons. The summed E-state index contributed by atoms with van der Waals surface area (Å²) in [5, 5.41) is 1.56. The number of hydrogen-bond donors (Lipinski definition) is 1. The third-order valence-corrected chi connectivity index (χ3v) is 5.31. The normalized spacial score (nSPS) is 10.9. The van der Waals surface area contributed by atoms with Gasteiger partial charge in [0.1, 0.15) is 0 Å². The molecule has 0 amide bonds. The van der Waals surface area contributed by atoms with Gasteiger partial charge in [-0.2, -0.15) is 0 Å². The van der Waals surface area contributed by atoms with Crippen LogP contribution in [0.5, 0.6) is 0 Å². The van der Waals surface area contributed by atoms with Crippen molar-refractivity contribution in [3.8, 4) is 0 Å². The fourth-order valence-corrected chi connectivity index (χ4v) is 4.40. The Bertz CT molecular complexity index is 1030. The molecular formula is C18H15Cl2N3O2S. The second-order valence-corrected chi connectivity index (χ2v) is 7.48. The van der Waals surface area contributed by atoms with E-state index in [-0.39, 0.29) is 5.56 Å². The van der Waals surface area contributed by atoms with Crippen molar-refractivity contribution in [1.29, 1.82) is 0 Å². The molecule has 0 aliphatic heterocycles. The number of halogens is 2. The molecule has 1 N–H and O–H groups in total. The van der Waals surface area contributed by atoms with Crippen LogP contribution in [-0.2, 0) is 13.0 Å². The number of nitrogens with zero attached hydrogens (tertiary/aromatic N) is 2. The fourth-order valence-electron chi connectivity index (χ4n) is 2.53. The zero-order valence-corrected chi connectivity index (χ0v) is 16.2. The van der Waals surface area contributed by atoms with E-state index in [0.29, 0.717) is 33.6 Å². The Hall–Kier alpha value is -2.02. The van der Waals surface area contributed by atoms with E-state index in [1.165, 1.54) is 11.8 Å². The van der Waals surface area contributed by atoms with Crippen molar-refractivity contribution in [2.75, 3.05) is 0 Å². The molecule has 3 aromatic rings. The molecule has 0 spiro atoms. The van der Waals surface area contributed by atoms with Crippen molar-refractivity contribution >= 4 is 35.0 Å². The number of rotatable bonds is 5. The summed E-state index contributed by atoms with van der Waals surface area (Å²) in [6.07, 6.45) is 3.81. The van der Waals surface area contributed by atoms with Crippen LogP contribution >= 0.6 is 35.0 Å². The van der Waals surface area contributed by atoms with Gasteiger partial charge in [0.15, 0.2) is 0 Å². The van der Waals surface area contributed by atoms with E-state index in [1.807, 2.05) is 19.1 Å². The van der Waals surface area contributed by atoms with Crippen LogP contribution < -0.4 is 11.2 Å². The minimum Gasteiger partial charge on any atom is -0.283 e. The van der Waals surface area contributed by atoms with E-state index in [9.17, 15) is 9.59 Å². The number of aromatic amines is 1. The van der Waals surface area contributed by atoms with Crippen molar-refractivity contribution in [1.82, 2.24) is 14.5 Å². The zero-order chi connectivity index (χ0) is 18.7. The summed E-state index contributed by atoms with van der Waals surface area (Å²) in [6.45, 7) is 2.20. The highest BCUT2D eigenvalue weighted by atomic mass is 35.5. The molecule has 0 saturated carbocycles. The lowest BCUT2D eigenvalue weighted by Gasteiger charge is -2.15. The summed E-state index contributed by atoms with van der Waals surface area (Å²) in [7, 11) is 0. The van der Waals surface area contributed by atoms with Gasteiger partial charge in [0, 0.05) is 32.9 Å². The summed E-state index contributed by atoms with van der Waals surface area (Å²) >= 11 is 13.5.